The standard InChI is InChI=1S/C17H11ClF3N3O4S.Na/c18-9-2-4-13(11(6-9)17(19,20)21)23-24-16-12(22)3-1-8-5-10(29-28-27-26)7-14(25)15(8)16;/h1-7,25-26H,22H2;/q;+1/p-1. The molecule has 3 N–H and O–H groups in total. The van der Waals surface area contributed by atoms with E-state index in [9.17, 15) is 23.5 Å². The van der Waals surface area contributed by atoms with Crippen molar-refractivity contribution in [2.75, 3.05) is 5.73 Å². The van der Waals surface area contributed by atoms with E-state index in [1.807, 2.05) is 0 Å². The van der Waals surface area contributed by atoms with Gasteiger partial charge in [0.15, 0.2) is 0 Å². The molecule has 3 aromatic carbocycles. The molecule has 0 aromatic heterocycles. The molecule has 0 aliphatic heterocycles. The topological polar surface area (TPSA) is 112 Å². The maximum absolute atomic E-state index is 13.2. The van der Waals surface area contributed by atoms with Gasteiger partial charge in [-0.2, -0.15) is 17.5 Å². The number of azo groups is 1. The monoisotopic (exact) mass is 467 g/mol. The van der Waals surface area contributed by atoms with E-state index in [4.69, 9.17) is 17.3 Å². The summed E-state index contributed by atoms with van der Waals surface area (Å²) in [6.45, 7) is 0. The van der Waals surface area contributed by atoms with Crippen LogP contribution in [0.1, 0.15) is 5.56 Å². The molecule has 3 rings (SSSR count). The Bertz CT molecular complexity index is 1100. The minimum absolute atomic E-state index is 0. The van der Waals surface area contributed by atoms with E-state index < -0.39 is 17.4 Å². The van der Waals surface area contributed by atoms with Gasteiger partial charge in [0.1, 0.15) is 11.4 Å². The van der Waals surface area contributed by atoms with Crippen LogP contribution in [-0.4, -0.2) is 5.11 Å². The molecule has 0 spiro atoms. The fraction of sp³-hybridized carbons (Fsp3) is 0.0588. The number of rotatable bonds is 5. The average Bonchev–Trinajstić information content (AvgIpc) is 2.65. The molecule has 0 saturated carbocycles. The number of nitrogen functional groups attached to an aromatic ring is 1. The molecule has 152 valence electrons. The molecule has 0 aliphatic rings. The second-order valence-electron chi connectivity index (χ2n) is 5.62. The molecule has 0 aliphatic carbocycles. The number of fused-ring (bicyclic) bond motifs is 1. The zero-order valence-electron chi connectivity index (χ0n) is 15.1. The van der Waals surface area contributed by atoms with Crippen molar-refractivity contribution >= 4 is 51.5 Å². The van der Waals surface area contributed by atoms with E-state index in [2.05, 4.69) is 19.6 Å². The summed E-state index contributed by atoms with van der Waals surface area (Å²) >= 11 is 6.21. The Hall–Kier alpha value is -1.57. The molecule has 3 aromatic rings. The minimum atomic E-state index is -4.69. The van der Waals surface area contributed by atoms with Gasteiger partial charge in [0.05, 0.1) is 34.4 Å². The summed E-state index contributed by atoms with van der Waals surface area (Å²) in [6, 6.07) is 8.83. The van der Waals surface area contributed by atoms with Crippen molar-refractivity contribution in [3.63, 3.8) is 0 Å². The van der Waals surface area contributed by atoms with E-state index in [-0.39, 0.29) is 57.1 Å². The molecule has 0 fully saturated rings. The molecular formula is C17H10ClF3N3NaO4S. The number of anilines is 1. The number of aromatic hydroxyl groups is 1. The first-order valence-electron chi connectivity index (χ1n) is 7.67. The Balaban J connectivity index is 0.00000320. The molecule has 0 saturated heterocycles. The number of alkyl halides is 3. The van der Waals surface area contributed by atoms with Crippen LogP contribution in [0.3, 0.4) is 0 Å². The summed E-state index contributed by atoms with van der Waals surface area (Å²) in [4.78, 5) is 0.329. The van der Waals surface area contributed by atoms with Crippen molar-refractivity contribution in [3.8, 4) is 5.75 Å². The molecule has 0 atom stereocenters. The smallest absolute Gasteiger partial charge is 0.691 e. The van der Waals surface area contributed by atoms with Crippen molar-refractivity contribution in [2.45, 2.75) is 11.1 Å². The van der Waals surface area contributed by atoms with E-state index >= 15 is 0 Å². The Morgan fingerprint density at radius 1 is 1.10 bits per heavy atom. The van der Waals surface area contributed by atoms with Crippen molar-refractivity contribution in [1.82, 2.24) is 0 Å². The molecule has 0 radical (unpaired) electrons. The zero-order chi connectivity index (χ0) is 21.2. The van der Waals surface area contributed by atoms with Gasteiger partial charge >= 0.3 is 35.7 Å². The van der Waals surface area contributed by atoms with Gasteiger partial charge in [-0.05, 0) is 41.8 Å². The summed E-state index contributed by atoms with van der Waals surface area (Å²) in [5.74, 6) is -0.298. The third-order valence-corrected chi connectivity index (χ3v) is 4.54. The van der Waals surface area contributed by atoms with Gasteiger partial charge < -0.3 is 16.1 Å². The fourth-order valence-electron chi connectivity index (χ4n) is 2.55. The fourth-order valence-corrected chi connectivity index (χ4v) is 3.16. The van der Waals surface area contributed by atoms with Gasteiger partial charge in [-0.25, -0.2) is 0 Å². The molecule has 0 unspecified atom stereocenters. The number of hydrogen-bond acceptors (Lipinski definition) is 8. The van der Waals surface area contributed by atoms with Crippen LogP contribution in [0.25, 0.3) is 10.8 Å². The van der Waals surface area contributed by atoms with Crippen LogP contribution in [-0.2, 0) is 15.5 Å². The Labute approximate surface area is 199 Å². The average molecular weight is 468 g/mol. The Morgan fingerprint density at radius 3 is 2.50 bits per heavy atom. The summed E-state index contributed by atoms with van der Waals surface area (Å²) in [5, 5.41) is 31.5. The van der Waals surface area contributed by atoms with E-state index in [0.717, 1.165) is 12.1 Å². The predicted molar refractivity (Wildman–Crippen MR) is 98.7 cm³/mol. The van der Waals surface area contributed by atoms with Gasteiger partial charge in [0.2, 0.25) is 0 Å². The maximum Gasteiger partial charge on any atom is 1.00 e. The zero-order valence-corrected chi connectivity index (χ0v) is 18.7. The van der Waals surface area contributed by atoms with E-state index in [1.54, 1.807) is 6.07 Å². The number of phenols is 1. The first kappa shape index (κ1) is 24.7. The molecule has 0 heterocycles. The third-order valence-electron chi connectivity index (χ3n) is 3.75. The van der Waals surface area contributed by atoms with Gasteiger partial charge in [0.25, 0.3) is 0 Å². The normalized spacial score (nSPS) is 11.8. The van der Waals surface area contributed by atoms with Crippen LogP contribution in [0, 0.1) is 0 Å². The predicted octanol–water partition coefficient (Wildman–Crippen LogP) is 2.45. The van der Waals surface area contributed by atoms with Crippen molar-refractivity contribution in [3.05, 3.63) is 53.1 Å². The summed E-state index contributed by atoms with van der Waals surface area (Å²) in [6.07, 6.45) is -4.69. The SMILES string of the molecule is Nc1ccc2cc(SOO[O-])cc(O)c2c1N=Nc1ccc(Cl)cc1C(F)(F)F.[Na+]. The van der Waals surface area contributed by atoms with Crippen LogP contribution in [0.5, 0.6) is 5.75 Å². The molecule has 7 nitrogen and oxygen atoms in total. The molecule has 13 heteroatoms. The van der Waals surface area contributed by atoms with Crippen molar-refractivity contribution in [1.29, 1.82) is 0 Å². The number of halogens is 4. The first-order valence-corrected chi connectivity index (χ1v) is 8.79. The second-order valence-corrected chi connectivity index (χ2v) is 6.83. The number of phenolic OH excluding ortho intramolecular Hbond substituents is 1. The quantitative estimate of drug-likeness (QED) is 0.149. The molecule has 0 amide bonds. The summed E-state index contributed by atoms with van der Waals surface area (Å²) in [5.41, 5.74) is 4.41. The van der Waals surface area contributed by atoms with Crippen molar-refractivity contribution < 1.29 is 62.5 Å². The van der Waals surface area contributed by atoms with E-state index in [1.165, 1.54) is 24.3 Å². The molecule has 0 bridgehead atoms. The van der Waals surface area contributed by atoms with Gasteiger partial charge in [-0.3, -0.25) is 5.04 Å². The number of benzene rings is 3. The maximum atomic E-state index is 13.2. The second kappa shape index (κ2) is 10.2. The minimum Gasteiger partial charge on any atom is -0.691 e. The number of nitrogens with zero attached hydrogens (tertiary/aromatic N) is 2. The first-order chi connectivity index (χ1) is 13.7. The van der Waals surface area contributed by atoms with Crippen molar-refractivity contribution in [2.24, 2.45) is 10.2 Å². The Morgan fingerprint density at radius 2 is 1.83 bits per heavy atom. The van der Waals surface area contributed by atoms with Crippen LogP contribution in [0.2, 0.25) is 5.02 Å². The summed E-state index contributed by atoms with van der Waals surface area (Å²) < 4.78 is 43.9. The van der Waals surface area contributed by atoms with Crippen LogP contribution in [0.4, 0.5) is 30.2 Å². The van der Waals surface area contributed by atoms with Crippen LogP contribution >= 0.6 is 23.6 Å². The Kier molecular flexibility index (Phi) is 8.36. The molecule has 30 heavy (non-hydrogen) atoms. The van der Waals surface area contributed by atoms with Gasteiger partial charge in [-0.15, -0.1) is 10.2 Å². The van der Waals surface area contributed by atoms with Gasteiger partial charge in [-0.1, -0.05) is 17.7 Å². The number of hydrogen-bond donors (Lipinski definition) is 2. The molecular weight excluding hydrogens is 458 g/mol. The third kappa shape index (κ3) is 5.56. The summed E-state index contributed by atoms with van der Waals surface area (Å²) in [7, 11) is 0. The number of nitrogens with two attached hydrogens (primary N) is 1. The largest absolute Gasteiger partial charge is 1.00 e. The van der Waals surface area contributed by atoms with Crippen LogP contribution < -0.4 is 40.5 Å². The van der Waals surface area contributed by atoms with Crippen LogP contribution in [0.15, 0.2) is 57.6 Å². The van der Waals surface area contributed by atoms with E-state index in [0.29, 0.717) is 22.3 Å². The van der Waals surface area contributed by atoms with Gasteiger partial charge in [0, 0.05) is 9.92 Å².